The molecule has 0 aliphatic rings. The standard InChI is InChI=1S/C21H24N2OS/c1-5-11-22(14-17-8-6-16(4)7-9-17)21(24)19-13-20-18(10-12-25-20)23(19)15(2)3/h5-10,12-13,15H,1,11,14H2,2-4H3. The van der Waals surface area contributed by atoms with Gasteiger partial charge in [0.25, 0.3) is 5.91 Å². The second kappa shape index (κ2) is 7.28. The first-order valence-corrected chi connectivity index (χ1v) is 9.43. The van der Waals surface area contributed by atoms with Crippen LogP contribution in [-0.2, 0) is 6.54 Å². The number of rotatable bonds is 6. The number of thiophene rings is 1. The maximum atomic E-state index is 13.3. The highest BCUT2D eigenvalue weighted by Gasteiger charge is 2.22. The minimum Gasteiger partial charge on any atom is -0.333 e. The van der Waals surface area contributed by atoms with Gasteiger partial charge in [0.05, 0.1) is 10.2 Å². The summed E-state index contributed by atoms with van der Waals surface area (Å²) in [5.41, 5.74) is 4.24. The van der Waals surface area contributed by atoms with Crippen LogP contribution >= 0.6 is 11.3 Å². The van der Waals surface area contributed by atoms with E-state index >= 15 is 0 Å². The van der Waals surface area contributed by atoms with Crippen LogP contribution in [0.1, 0.15) is 41.5 Å². The molecule has 0 spiro atoms. The largest absolute Gasteiger partial charge is 0.333 e. The van der Waals surface area contributed by atoms with E-state index < -0.39 is 0 Å². The highest BCUT2D eigenvalue weighted by atomic mass is 32.1. The van der Waals surface area contributed by atoms with Crippen molar-refractivity contribution in [2.24, 2.45) is 0 Å². The molecule has 0 unspecified atom stereocenters. The molecular weight excluding hydrogens is 328 g/mol. The maximum absolute atomic E-state index is 13.3. The van der Waals surface area contributed by atoms with Crippen LogP contribution in [0.5, 0.6) is 0 Å². The van der Waals surface area contributed by atoms with E-state index in [0.29, 0.717) is 13.1 Å². The Morgan fingerprint density at radius 2 is 2.00 bits per heavy atom. The third kappa shape index (κ3) is 3.54. The van der Waals surface area contributed by atoms with Crippen molar-refractivity contribution in [1.82, 2.24) is 9.47 Å². The molecule has 0 fully saturated rings. The van der Waals surface area contributed by atoms with Crippen molar-refractivity contribution < 1.29 is 4.79 Å². The van der Waals surface area contributed by atoms with Gasteiger partial charge in [0.1, 0.15) is 5.69 Å². The van der Waals surface area contributed by atoms with Crippen molar-refractivity contribution in [2.75, 3.05) is 6.54 Å². The molecule has 2 aromatic heterocycles. The molecular formula is C21H24N2OS. The molecule has 1 amide bonds. The van der Waals surface area contributed by atoms with Gasteiger partial charge in [-0.15, -0.1) is 17.9 Å². The molecule has 0 N–H and O–H groups in total. The molecule has 130 valence electrons. The van der Waals surface area contributed by atoms with Crippen LogP contribution in [0.2, 0.25) is 0 Å². The summed E-state index contributed by atoms with van der Waals surface area (Å²) in [7, 11) is 0. The summed E-state index contributed by atoms with van der Waals surface area (Å²) in [6, 6.07) is 12.7. The molecule has 0 bridgehead atoms. The summed E-state index contributed by atoms with van der Waals surface area (Å²) in [6.07, 6.45) is 1.79. The SMILES string of the molecule is C=CCN(Cc1ccc(C)cc1)C(=O)c1cc2sccc2n1C(C)C. The third-order valence-electron chi connectivity index (χ3n) is 4.33. The average molecular weight is 353 g/mol. The van der Waals surface area contributed by atoms with Gasteiger partial charge in [-0.1, -0.05) is 35.9 Å². The van der Waals surface area contributed by atoms with Crippen molar-refractivity contribution in [2.45, 2.75) is 33.4 Å². The van der Waals surface area contributed by atoms with Crippen molar-refractivity contribution >= 4 is 27.5 Å². The number of carbonyl (C=O) groups is 1. The van der Waals surface area contributed by atoms with Crippen LogP contribution in [-0.4, -0.2) is 21.9 Å². The lowest BCUT2D eigenvalue weighted by Gasteiger charge is -2.23. The van der Waals surface area contributed by atoms with Crippen LogP contribution in [0, 0.1) is 6.92 Å². The van der Waals surface area contributed by atoms with E-state index in [4.69, 9.17) is 0 Å². The van der Waals surface area contributed by atoms with Crippen molar-refractivity contribution in [3.63, 3.8) is 0 Å². The number of benzene rings is 1. The van der Waals surface area contributed by atoms with E-state index in [2.05, 4.69) is 67.6 Å². The zero-order valence-corrected chi connectivity index (χ0v) is 15.8. The fourth-order valence-electron chi connectivity index (χ4n) is 3.12. The minimum absolute atomic E-state index is 0.0533. The van der Waals surface area contributed by atoms with Gasteiger partial charge in [0.2, 0.25) is 0 Å². The topological polar surface area (TPSA) is 25.2 Å². The molecule has 25 heavy (non-hydrogen) atoms. The number of hydrogen-bond donors (Lipinski definition) is 0. The van der Waals surface area contributed by atoms with Crippen LogP contribution in [0.4, 0.5) is 0 Å². The third-order valence-corrected chi connectivity index (χ3v) is 5.18. The Hall–Kier alpha value is -2.33. The lowest BCUT2D eigenvalue weighted by atomic mass is 10.1. The molecule has 0 saturated carbocycles. The Labute approximate surface area is 153 Å². The molecule has 0 aliphatic carbocycles. The fraction of sp³-hybridized carbons (Fsp3) is 0.286. The first kappa shape index (κ1) is 17.5. The lowest BCUT2D eigenvalue weighted by Crippen LogP contribution is -2.32. The molecule has 0 saturated heterocycles. The molecule has 3 nitrogen and oxygen atoms in total. The molecule has 0 radical (unpaired) electrons. The summed E-state index contributed by atoms with van der Waals surface area (Å²) in [5.74, 6) is 0.0533. The van der Waals surface area contributed by atoms with Gasteiger partial charge in [-0.25, -0.2) is 0 Å². The van der Waals surface area contributed by atoms with Gasteiger partial charge in [0, 0.05) is 19.1 Å². The van der Waals surface area contributed by atoms with Gasteiger partial charge in [-0.2, -0.15) is 0 Å². The monoisotopic (exact) mass is 352 g/mol. The van der Waals surface area contributed by atoms with Crippen LogP contribution in [0.3, 0.4) is 0 Å². The van der Waals surface area contributed by atoms with E-state index in [-0.39, 0.29) is 11.9 Å². The molecule has 1 aromatic carbocycles. The lowest BCUT2D eigenvalue weighted by molar-refractivity contribution is 0.0751. The number of amides is 1. The fourth-order valence-corrected chi connectivity index (χ4v) is 3.93. The first-order chi connectivity index (χ1) is 12.0. The van der Waals surface area contributed by atoms with Crippen molar-refractivity contribution in [3.8, 4) is 0 Å². The normalized spacial score (nSPS) is 11.2. The van der Waals surface area contributed by atoms with Gasteiger partial charge >= 0.3 is 0 Å². The second-order valence-corrected chi connectivity index (χ2v) is 7.57. The summed E-state index contributed by atoms with van der Waals surface area (Å²) < 4.78 is 3.30. The summed E-state index contributed by atoms with van der Waals surface area (Å²) in [5, 5.41) is 2.08. The van der Waals surface area contributed by atoms with E-state index in [1.807, 2.05) is 11.0 Å². The summed E-state index contributed by atoms with van der Waals surface area (Å²) >= 11 is 1.68. The van der Waals surface area contributed by atoms with E-state index in [9.17, 15) is 4.79 Å². The molecule has 3 aromatic rings. The number of hydrogen-bond acceptors (Lipinski definition) is 2. The first-order valence-electron chi connectivity index (χ1n) is 8.55. The Bertz CT molecular complexity index is 886. The highest BCUT2D eigenvalue weighted by Crippen LogP contribution is 2.29. The Kier molecular flexibility index (Phi) is 5.09. The van der Waals surface area contributed by atoms with Gasteiger partial charge in [0.15, 0.2) is 0 Å². The zero-order valence-electron chi connectivity index (χ0n) is 15.0. The van der Waals surface area contributed by atoms with Crippen LogP contribution < -0.4 is 0 Å². The number of aromatic nitrogens is 1. The molecule has 0 aliphatic heterocycles. The zero-order chi connectivity index (χ0) is 18.0. The summed E-state index contributed by atoms with van der Waals surface area (Å²) in [6.45, 7) is 11.2. The highest BCUT2D eigenvalue weighted by molar-refractivity contribution is 7.17. The van der Waals surface area contributed by atoms with E-state index in [0.717, 1.165) is 21.5 Å². The molecule has 2 heterocycles. The van der Waals surface area contributed by atoms with Crippen LogP contribution in [0.25, 0.3) is 10.2 Å². The van der Waals surface area contributed by atoms with Crippen molar-refractivity contribution in [1.29, 1.82) is 0 Å². The van der Waals surface area contributed by atoms with E-state index in [1.165, 1.54) is 5.56 Å². The number of nitrogens with zero attached hydrogens (tertiary/aromatic N) is 2. The Balaban J connectivity index is 1.95. The minimum atomic E-state index is 0.0533. The van der Waals surface area contributed by atoms with Gasteiger partial charge in [-0.05, 0) is 43.8 Å². The van der Waals surface area contributed by atoms with Crippen molar-refractivity contribution in [3.05, 3.63) is 71.3 Å². The summed E-state index contributed by atoms with van der Waals surface area (Å²) in [4.78, 5) is 15.1. The van der Waals surface area contributed by atoms with Gasteiger partial charge in [-0.3, -0.25) is 4.79 Å². The second-order valence-electron chi connectivity index (χ2n) is 6.62. The molecule has 4 heteroatoms. The Morgan fingerprint density at radius 1 is 1.28 bits per heavy atom. The average Bonchev–Trinajstić information content (AvgIpc) is 3.16. The number of carbonyl (C=O) groups excluding carboxylic acids is 1. The Morgan fingerprint density at radius 3 is 2.64 bits per heavy atom. The number of aryl methyl sites for hydroxylation is 1. The quantitative estimate of drug-likeness (QED) is 0.544. The van der Waals surface area contributed by atoms with E-state index in [1.54, 1.807) is 17.4 Å². The predicted octanol–water partition coefficient (Wildman–Crippen LogP) is 5.42. The number of fused-ring (bicyclic) bond motifs is 1. The molecule has 3 rings (SSSR count). The van der Waals surface area contributed by atoms with Crippen LogP contribution in [0.15, 0.2) is 54.4 Å². The smallest absolute Gasteiger partial charge is 0.271 e. The maximum Gasteiger partial charge on any atom is 0.271 e. The predicted molar refractivity (Wildman–Crippen MR) is 106 cm³/mol. The van der Waals surface area contributed by atoms with Gasteiger partial charge < -0.3 is 9.47 Å². The molecule has 0 atom stereocenters.